The third-order valence-electron chi connectivity index (χ3n) is 4.48. The predicted molar refractivity (Wildman–Crippen MR) is 85.1 cm³/mol. The van der Waals surface area contributed by atoms with Crippen LogP contribution >= 0.6 is 0 Å². The van der Waals surface area contributed by atoms with Crippen LogP contribution in [0.15, 0.2) is 30.0 Å². The minimum Gasteiger partial charge on any atom is -0.447 e. The Morgan fingerprint density at radius 2 is 2.09 bits per heavy atom. The zero-order valence-corrected chi connectivity index (χ0v) is 13.0. The number of hydrogen-bond acceptors (Lipinski definition) is 3. The van der Waals surface area contributed by atoms with Gasteiger partial charge in [-0.3, -0.25) is 4.90 Å². The molecule has 22 heavy (non-hydrogen) atoms. The van der Waals surface area contributed by atoms with Crippen molar-refractivity contribution in [3.63, 3.8) is 0 Å². The summed E-state index contributed by atoms with van der Waals surface area (Å²) in [6.07, 6.45) is 4.51. The quantitative estimate of drug-likeness (QED) is 0.812. The summed E-state index contributed by atoms with van der Waals surface area (Å²) in [4.78, 5) is 13.5. The molecule has 4 heteroatoms. The normalized spacial score (nSPS) is 20.5. The molecule has 1 aliphatic carbocycles. The van der Waals surface area contributed by atoms with Crippen molar-refractivity contribution in [2.24, 2.45) is 0 Å². The first-order valence-corrected chi connectivity index (χ1v) is 8.18. The van der Waals surface area contributed by atoms with Gasteiger partial charge in [0.15, 0.2) is 0 Å². The fourth-order valence-electron chi connectivity index (χ4n) is 3.37. The number of aliphatic hydroxyl groups is 1. The molecule has 1 unspecified atom stereocenters. The molecule has 0 spiro atoms. The Kier molecular flexibility index (Phi) is 4.48. The van der Waals surface area contributed by atoms with Crippen molar-refractivity contribution in [2.75, 3.05) is 13.2 Å². The van der Waals surface area contributed by atoms with Gasteiger partial charge in [-0.15, -0.1) is 0 Å². The first-order chi connectivity index (χ1) is 10.7. The molecule has 1 N–H and O–H groups in total. The van der Waals surface area contributed by atoms with Crippen molar-refractivity contribution in [1.29, 1.82) is 0 Å². The highest BCUT2D eigenvalue weighted by Crippen LogP contribution is 2.44. The van der Waals surface area contributed by atoms with E-state index in [9.17, 15) is 9.90 Å². The second kappa shape index (κ2) is 6.53. The third-order valence-corrected chi connectivity index (χ3v) is 4.48. The lowest BCUT2D eigenvalue weighted by molar-refractivity contribution is 0.148. The zero-order chi connectivity index (χ0) is 15.5. The van der Waals surface area contributed by atoms with Crippen molar-refractivity contribution in [2.45, 2.75) is 45.1 Å². The molecule has 0 aromatic heterocycles. The van der Waals surface area contributed by atoms with Gasteiger partial charge in [-0.05, 0) is 29.5 Å². The summed E-state index contributed by atoms with van der Waals surface area (Å²) < 4.78 is 5.06. The van der Waals surface area contributed by atoms with Crippen LogP contribution in [0.3, 0.4) is 0 Å². The number of nitrogens with zero attached hydrogens (tertiary/aromatic N) is 1. The number of fused-ring (bicyclic) bond motifs is 1. The predicted octanol–water partition coefficient (Wildman–Crippen LogP) is 3.87. The Balaban J connectivity index is 1.91. The van der Waals surface area contributed by atoms with Gasteiger partial charge in [0, 0.05) is 0 Å². The molecular weight excluding hydrogens is 278 g/mol. The van der Waals surface area contributed by atoms with Crippen LogP contribution in [0.1, 0.15) is 56.3 Å². The highest BCUT2D eigenvalue weighted by molar-refractivity contribution is 5.83. The van der Waals surface area contributed by atoms with Gasteiger partial charge in [-0.2, -0.15) is 0 Å². The molecule has 0 radical (unpaired) electrons. The Morgan fingerprint density at radius 1 is 1.27 bits per heavy atom. The van der Waals surface area contributed by atoms with Gasteiger partial charge in [0.25, 0.3) is 0 Å². The number of amides is 1. The number of aliphatic hydroxyl groups excluding tert-OH is 1. The Labute approximate surface area is 131 Å². The topological polar surface area (TPSA) is 49.8 Å². The lowest BCUT2D eigenvalue weighted by Crippen LogP contribution is -2.26. The summed E-state index contributed by atoms with van der Waals surface area (Å²) in [6, 6.07) is 7.91. The lowest BCUT2D eigenvalue weighted by atomic mass is 10.00. The standard InChI is InChI=1S/C18H23NO3/c1-2-3-4-5-9-14-13-8-6-7-10-15(13)17(20)16(14)19-11-12-22-18(19)21/h6-8,10,17,20H,2-5,9,11-12H2,1H3. The van der Waals surface area contributed by atoms with E-state index in [2.05, 4.69) is 6.92 Å². The van der Waals surface area contributed by atoms with Crippen LogP contribution < -0.4 is 0 Å². The van der Waals surface area contributed by atoms with Gasteiger partial charge in [-0.1, -0.05) is 50.5 Å². The molecular formula is C18H23NO3. The van der Waals surface area contributed by atoms with Crippen LogP contribution in [0.5, 0.6) is 0 Å². The number of carbonyl (C=O) groups excluding carboxylic acids is 1. The van der Waals surface area contributed by atoms with E-state index in [-0.39, 0.29) is 6.09 Å². The number of rotatable bonds is 6. The molecule has 1 atom stereocenters. The fraction of sp³-hybridized carbons (Fsp3) is 0.500. The van der Waals surface area contributed by atoms with Crippen molar-refractivity contribution in [1.82, 2.24) is 4.90 Å². The van der Waals surface area contributed by atoms with E-state index >= 15 is 0 Å². The first kappa shape index (κ1) is 15.1. The lowest BCUT2D eigenvalue weighted by Gasteiger charge is -2.20. The number of unbranched alkanes of at least 4 members (excludes halogenated alkanes) is 3. The summed E-state index contributed by atoms with van der Waals surface area (Å²) in [6.45, 7) is 3.12. The van der Waals surface area contributed by atoms with Crippen LogP contribution in [-0.4, -0.2) is 29.3 Å². The van der Waals surface area contributed by atoms with E-state index in [1.165, 1.54) is 19.3 Å². The minimum atomic E-state index is -0.719. The van der Waals surface area contributed by atoms with Gasteiger partial charge < -0.3 is 9.84 Å². The van der Waals surface area contributed by atoms with Gasteiger partial charge in [-0.25, -0.2) is 4.79 Å². The van der Waals surface area contributed by atoms with Gasteiger partial charge in [0.05, 0.1) is 12.2 Å². The maximum Gasteiger partial charge on any atom is 0.414 e. The maximum atomic E-state index is 11.9. The minimum absolute atomic E-state index is 0.340. The number of allylic oxidation sites excluding steroid dienone is 1. The maximum absolute atomic E-state index is 11.9. The number of carbonyl (C=O) groups is 1. The highest BCUT2D eigenvalue weighted by atomic mass is 16.6. The van der Waals surface area contributed by atoms with E-state index in [0.29, 0.717) is 13.2 Å². The summed E-state index contributed by atoms with van der Waals surface area (Å²) in [5, 5.41) is 10.7. The summed E-state index contributed by atoms with van der Waals surface area (Å²) in [5.74, 6) is 0. The van der Waals surface area contributed by atoms with Crippen LogP contribution in [0.2, 0.25) is 0 Å². The first-order valence-electron chi connectivity index (χ1n) is 8.18. The molecule has 0 saturated carbocycles. The number of cyclic esters (lactones) is 1. The molecule has 1 aromatic carbocycles. The zero-order valence-electron chi connectivity index (χ0n) is 13.0. The van der Waals surface area contributed by atoms with Crippen molar-refractivity contribution < 1.29 is 14.6 Å². The molecule has 4 nitrogen and oxygen atoms in total. The van der Waals surface area contributed by atoms with Crippen molar-refractivity contribution >= 4 is 11.7 Å². The second-order valence-corrected chi connectivity index (χ2v) is 5.93. The summed E-state index contributed by atoms with van der Waals surface area (Å²) in [7, 11) is 0. The molecule has 0 bridgehead atoms. The number of benzene rings is 1. The fourth-order valence-corrected chi connectivity index (χ4v) is 3.37. The van der Waals surface area contributed by atoms with E-state index in [4.69, 9.17) is 4.74 Å². The summed E-state index contributed by atoms with van der Waals surface area (Å²) >= 11 is 0. The Morgan fingerprint density at radius 3 is 2.82 bits per heavy atom. The molecule has 3 rings (SSSR count). The van der Waals surface area contributed by atoms with Gasteiger partial charge >= 0.3 is 6.09 Å². The molecule has 2 aliphatic rings. The van der Waals surface area contributed by atoms with E-state index in [1.807, 2.05) is 24.3 Å². The molecule has 1 amide bonds. The Hall–Kier alpha value is -1.81. The van der Waals surface area contributed by atoms with E-state index in [0.717, 1.165) is 35.2 Å². The third kappa shape index (κ3) is 2.63. The molecule has 1 heterocycles. The molecule has 118 valence electrons. The smallest absolute Gasteiger partial charge is 0.414 e. The van der Waals surface area contributed by atoms with Crippen LogP contribution in [0.25, 0.3) is 5.57 Å². The SMILES string of the molecule is CCCCCCC1=C(N2CCOC2=O)C(O)c2ccccc21. The number of hydrogen-bond donors (Lipinski definition) is 1. The van der Waals surface area contributed by atoms with Gasteiger partial charge in [0.2, 0.25) is 0 Å². The van der Waals surface area contributed by atoms with Crippen LogP contribution in [0.4, 0.5) is 4.79 Å². The van der Waals surface area contributed by atoms with Crippen molar-refractivity contribution in [3.8, 4) is 0 Å². The monoisotopic (exact) mass is 301 g/mol. The highest BCUT2D eigenvalue weighted by Gasteiger charge is 2.37. The van der Waals surface area contributed by atoms with Crippen molar-refractivity contribution in [3.05, 3.63) is 41.1 Å². The van der Waals surface area contributed by atoms with E-state index < -0.39 is 6.10 Å². The average molecular weight is 301 g/mol. The molecule has 1 aromatic rings. The second-order valence-electron chi connectivity index (χ2n) is 5.93. The number of ether oxygens (including phenoxy) is 1. The van der Waals surface area contributed by atoms with Crippen LogP contribution in [0, 0.1) is 0 Å². The van der Waals surface area contributed by atoms with E-state index in [1.54, 1.807) is 4.90 Å². The van der Waals surface area contributed by atoms with Crippen LogP contribution in [-0.2, 0) is 4.74 Å². The molecule has 1 saturated heterocycles. The largest absolute Gasteiger partial charge is 0.447 e. The Bertz CT molecular complexity index is 594. The average Bonchev–Trinajstić information content (AvgIpc) is 3.06. The summed E-state index contributed by atoms with van der Waals surface area (Å²) in [5.41, 5.74) is 3.84. The van der Waals surface area contributed by atoms with Gasteiger partial charge in [0.1, 0.15) is 12.7 Å². The molecule has 1 fully saturated rings. The molecule has 1 aliphatic heterocycles.